The third-order valence-corrected chi connectivity index (χ3v) is 6.27. The Bertz CT molecular complexity index is 763. The fourth-order valence-corrected chi connectivity index (χ4v) is 4.41. The van der Waals surface area contributed by atoms with Crippen molar-refractivity contribution in [2.45, 2.75) is 25.7 Å². The molecule has 4 nitrogen and oxygen atoms in total. The molecule has 0 radical (unpaired) electrons. The van der Waals surface area contributed by atoms with Gasteiger partial charge < -0.3 is 5.32 Å². The maximum Gasteiger partial charge on any atom is 0.238 e. The largest absolute Gasteiger partial charge is 0.324 e. The van der Waals surface area contributed by atoms with Gasteiger partial charge in [0.15, 0.2) is 0 Å². The van der Waals surface area contributed by atoms with E-state index in [9.17, 15) is 4.79 Å². The van der Waals surface area contributed by atoms with E-state index < -0.39 is 0 Å². The number of rotatable bonds is 7. The quantitative estimate of drug-likeness (QED) is 0.718. The summed E-state index contributed by atoms with van der Waals surface area (Å²) >= 11 is 1.92. The predicted molar refractivity (Wildman–Crippen MR) is 119 cm³/mol. The van der Waals surface area contributed by atoms with E-state index in [1.165, 1.54) is 10.5 Å². The van der Waals surface area contributed by atoms with Crippen LogP contribution in [0.2, 0.25) is 0 Å². The Morgan fingerprint density at radius 3 is 2.18 bits per heavy atom. The second-order valence-electron chi connectivity index (χ2n) is 7.59. The summed E-state index contributed by atoms with van der Waals surface area (Å²) in [6.07, 6.45) is 0. The first-order chi connectivity index (χ1) is 13.5. The number of carbonyl (C=O) groups is 1. The second-order valence-corrected chi connectivity index (χ2v) is 8.76. The lowest BCUT2D eigenvalue weighted by Gasteiger charge is -2.34. The van der Waals surface area contributed by atoms with Crippen molar-refractivity contribution in [1.82, 2.24) is 9.80 Å². The molecule has 1 amide bonds. The van der Waals surface area contributed by atoms with Crippen LogP contribution in [-0.4, -0.2) is 60.7 Å². The molecule has 0 saturated carbocycles. The summed E-state index contributed by atoms with van der Waals surface area (Å²) in [7, 11) is 0. The monoisotopic (exact) mass is 397 g/mol. The van der Waals surface area contributed by atoms with Gasteiger partial charge >= 0.3 is 0 Å². The first-order valence-electron chi connectivity index (χ1n) is 10.0. The summed E-state index contributed by atoms with van der Waals surface area (Å²) in [6.45, 7) is 11.7. The minimum absolute atomic E-state index is 0.0841. The average molecular weight is 398 g/mol. The van der Waals surface area contributed by atoms with Crippen molar-refractivity contribution in [1.29, 1.82) is 0 Å². The fourth-order valence-electron chi connectivity index (χ4n) is 3.49. The Labute approximate surface area is 173 Å². The smallest absolute Gasteiger partial charge is 0.238 e. The molecule has 0 aromatic heterocycles. The van der Waals surface area contributed by atoms with Crippen LogP contribution in [0, 0.1) is 20.8 Å². The van der Waals surface area contributed by atoms with Gasteiger partial charge in [0.25, 0.3) is 0 Å². The van der Waals surface area contributed by atoms with Gasteiger partial charge in [-0.25, -0.2) is 0 Å². The summed E-state index contributed by atoms with van der Waals surface area (Å²) < 4.78 is 0. The molecule has 1 saturated heterocycles. The number of hydrogen-bond acceptors (Lipinski definition) is 4. The molecule has 1 aliphatic heterocycles. The van der Waals surface area contributed by atoms with Gasteiger partial charge in [0.1, 0.15) is 0 Å². The number of piperazine rings is 1. The average Bonchev–Trinajstić information content (AvgIpc) is 2.68. The zero-order chi connectivity index (χ0) is 19.9. The fraction of sp³-hybridized carbons (Fsp3) is 0.435. The highest BCUT2D eigenvalue weighted by Crippen LogP contribution is 2.20. The van der Waals surface area contributed by atoms with Gasteiger partial charge in [-0.3, -0.25) is 14.6 Å². The van der Waals surface area contributed by atoms with E-state index in [-0.39, 0.29) is 5.91 Å². The third-order valence-electron chi connectivity index (χ3n) is 5.27. The number of carbonyl (C=O) groups excluding carboxylic acids is 1. The Morgan fingerprint density at radius 2 is 1.54 bits per heavy atom. The molecule has 2 aromatic carbocycles. The van der Waals surface area contributed by atoms with Gasteiger partial charge in [-0.1, -0.05) is 35.9 Å². The maximum absolute atomic E-state index is 12.4. The van der Waals surface area contributed by atoms with E-state index in [1.807, 2.05) is 43.8 Å². The number of anilines is 1. The Hall–Kier alpha value is -1.82. The summed E-state index contributed by atoms with van der Waals surface area (Å²) in [5.41, 5.74) is 4.50. The molecule has 0 unspecified atom stereocenters. The van der Waals surface area contributed by atoms with Crippen LogP contribution in [0.15, 0.2) is 47.4 Å². The van der Waals surface area contributed by atoms with Crippen LogP contribution >= 0.6 is 11.8 Å². The zero-order valence-corrected chi connectivity index (χ0v) is 18.0. The molecule has 28 heavy (non-hydrogen) atoms. The Kier molecular flexibility index (Phi) is 7.54. The highest BCUT2D eigenvalue weighted by Gasteiger charge is 2.19. The van der Waals surface area contributed by atoms with Crippen molar-refractivity contribution < 1.29 is 4.79 Å². The molecule has 1 heterocycles. The van der Waals surface area contributed by atoms with E-state index in [0.29, 0.717) is 6.54 Å². The molecule has 1 fully saturated rings. The lowest BCUT2D eigenvalue weighted by atomic mass is 10.1. The molecule has 0 bridgehead atoms. The van der Waals surface area contributed by atoms with Gasteiger partial charge in [-0.05, 0) is 44.0 Å². The normalized spacial score (nSPS) is 15.5. The van der Waals surface area contributed by atoms with Gasteiger partial charge in [0.05, 0.1) is 6.54 Å². The Morgan fingerprint density at radius 1 is 0.929 bits per heavy atom. The second kappa shape index (κ2) is 10.1. The molecule has 3 rings (SSSR count). The SMILES string of the molecule is Cc1ccc(SCCN2CCN(CC(=O)Nc3c(C)cccc3C)CC2)cc1. The summed E-state index contributed by atoms with van der Waals surface area (Å²) in [5, 5.41) is 3.10. The van der Waals surface area contributed by atoms with Gasteiger partial charge in [0, 0.05) is 49.1 Å². The van der Waals surface area contributed by atoms with Crippen molar-refractivity contribution in [3.63, 3.8) is 0 Å². The zero-order valence-electron chi connectivity index (χ0n) is 17.2. The first kappa shape index (κ1) is 20.9. The molecule has 2 aromatic rings. The molecule has 0 atom stereocenters. The van der Waals surface area contributed by atoms with E-state index in [1.54, 1.807) is 0 Å². The highest BCUT2D eigenvalue weighted by molar-refractivity contribution is 7.99. The van der Waals surface area contributed by atoms with E-state index in [4.69, 9.17) is 0 Å². The number of nitrogens with zero attached hydrogens (tertiary/aromatic N) is 2. The number of aryl methyl sites for hydroxylation is 3. The minimum Gasteiger partial charge on any atom is -0.324 e. The summed E-state index contributed by atoms with van der Waals surface area (Å²) in [5.74, 6) is 1.19. The van der Waals surface area contributed by atoms with Crippen molar-refractivity contribution in [3.05, 3.63) is 59.2 Å². The van der Waals surface area contributed by atoms with Gasteiger partial charge in [-0.15, -0.1) is 11.8 Å². The van der Waals surface area contributed by atoms with Crippen LogP contribution < -0.4 is 5.32 Å². The number of amides is 1. The molecule has 0 aliphatic carbocycles. The molecule has 5 heteroatoms. The lowest BCUT2D eigenvalue weighted by Crippen LogP contribution is -2.49. The van der Waals surface area contributed by atoms with Crippen LogP contribution in [0.1, 0.15) is 16.7 Å². The molecule has 1 aliphatic rings. The van der Waals surface area contributed by atoms with Gasteiger partial charge in [0.2, 0.25) is 5.91 Å². The van der Waals surface area contributed by atoms with Crippen LogP contribution in [0.5, 0.6) is 0 Å². The van der Waals surface area contributed by atoms with Crippen molar-refractivity contribution >= 4 is 23.4 Å². The van der Waals surface area contributed by atoms with Crippen molar-refractivity contribution in [3.8, 4) is 0 Å². The molecule has 150 valence electrons. The molecular weight excluding hydrogens is 366 g/mol. The summed E-state index contributed by atoms with van der Waals surface area (Å²) in [4.78, 5) is 18.5. The number of nitrogens with one attached hydrogen (secondary N) is 1. The molecular formula is C23H31N3OS. The molecule has 1 N–H and O–H groups in total. The van der Waals surface area contributed by atoms with Crippen LogP contribution in [-0.2, 0) is 4.79 Å². The van der Waals surface area contributed by atoms with Gasteiger partial charge in [-0.2, -0.15) is 0 Å². The molecule has 0 spiro atoms. The minimum atomic E-state index is 0.0841. The van der Waals surface area contributed by atoms with Crippen LogP contribution in [0.3, 0.4) is 0 Å². The van der Waals surface area contributed by atoms with Crippen LogP contribution in [0.4, 0.5) is 5.69 Å². The summed E-state index contributed by atoms with van der Waals surface area (Å²) in [6, 6.07) is 14.8. The number of thioether (sulfide) groups is 1. The maximum atomic E-state index is 12.4. The number of benzene rings is 2. The standard InChI is InChI=1S/C23H31N3OS/c1-18-7-9-21(10-8-18)28-16-15-25-11-13-26(14-12-25)17-22(27)24-23-19(2)5-4-6-20(23)3/h4-10H,11-17H2,1-3H3,(H,24,27). The highest BCUT2D eigenvalue weighted by atomic mass is 32.2. The topological polar surface area (TPSA) is 35.6 Å². The van der Waals surface area contributed by atoms with E-state index in [0.717, 1.165) is 55.3 Å². The third kappa shape index (κ3) is 6.09. The van der Waals surface area contributed by atoms with Crippen molar-refractivity contribution in [2.75, 3.05) is 50.3 Å². The van der Waals surface area contributed by atoms with E-state index in [2.05, 4.69) is 46.3 Å². The van der Waals surface area contributed by atoms with Crippen molar-refractivity contribution in [2.24, 2.45) is 0 Å². The van der Waals surface area contributed by atoms with E-state index >= 15 is 0 Å². The number of para-hydroxylation sites is 1. The van der Waals surface area contributed by atoms with Crippen LogP contribution in [0.25, 0.3) is 0 Å². The number of hydrogen-bond donors (Lipinski definition) is 1. The Balaban J connectivity index is 1.36. The predicted octanol–water partition coefficient (Wildman–Crippen LogP) is 3.96. The lowest BCUT2D eigenvalue weighted by molar-refractivity contribution is -0.117. The first-order valence-corrected chi connectivity index (χ1v) is 11.0.